The van der Waals surface area contributed by atoms with Crippen molar-refractivity contribution in [1.82, 2.24) is 0 Å². The molecule has 0 aromatic heterocycles. The van der Waals surface area contributed by atoms with Crippen LogP contribution in [0.3, 0.4) is 0 Å². The van der Waals surface area contributed by atoms with Gasteiger partial charge in [-0.05, 0) is 0 Å². The molecule has 0 aliphatic heterocycles. The molecule has 0 radical (unpaired) electrons. The summed E-state index contributed by atoms with van der Waals surface area (Å²) in [4.78, 5) is 0. The number of halogens is 1. The molecule has 0 atom stereocenters. The Kier molecular flexibility index (Phi) is 2.22. The van der Waals surface area contributed by atoms with E-state index in [9.17, 15) is 0 Å². The normalized spacial score (nSPS) is 9.25. The zero-order valence-electron chi connectivity index (χ0n) is 4.26. The molecule has 2 heteroatoms. The van der Waals surface area contributed by atoms with Gasteiger partial charge in [0.25, 0.3) is 0 Å². The third-order valence-corrected chi connectivity index (χ3v) is 2.22. The SMILES string of the molecule is Clc1cc[c]([SbH2])cc1. The van der Waals surface area contributed by atoms with Gasteiger partial charge in [0.1, 0.15) is 0 Å². The van der Waals surface area contributed by atoms with Gasteiger partial charge < -0.3 is 0 Å². The van der Waals surface area contributed by atoms with Gasteiger partial charge in [0.2, 0.25) is 0 Å². The van der Waals surface area contributed by atoms with Gasteiger partial charge in [-0.15, -0.1) is 0 Å². The molecule has 0 aliphatic carbocycles. The monoisotopic (exact) mass is 234 g/mol. The standard InChI is InChI=1S/C6H4Cl.Sb.2H/c7-6-4-2-1-3-5-6;;;/h2-5H;;;. The Morgan fingerprint density at radius 1 is 1.12 bits per heavy atom. The van der Waals surface area contributed by atoms with Gasteiger partial charge in [-0.1, -0.05) is 0 Å². The second-order valence-electron chi connectivity index (χ2n) is 1.55. The van der Waals surface area contributed by atoms with E-state index in [1.165, 1.54) is 26.5 Å². The Bertz CT molecular complexity index is 147. The number of rotatable bonds is 0. The maximum atomic E-state index is 5.63. The minimum atomic E-state index is 0.822. The van der Waals surface area contributed by atoms with Crippen molar-refractivity contribution in [2.75, 3.05) is 0 Å². The number of hydrogen-bond acceptors (Lipinski definition) is 0. The maximum absolute atomic E-state index is 5.63. The molecule has 0 fully saturated rings. The van der Waals surface area contributed by atoms with Gasteiger partial charge in [0, 0.05) is 0 Å². The summed E-state index contributed by atoms with van der Waals surface area (Å²) in [7, 11) is 0. The van der Waals surface area contributed by atoms with Crippen molar-refractivity contribution in [3.05, 3.63) is 29.3 Å². The predicted octanol–water partition coefficient (Wildman–Crippen LogP) is 0.598. The van der Waals surface area contributed by atoms with Gasteiger partial charge in [-0.3, -0.25) is 0 Å². The average molecular weight is 235 g/mol. The van der Waals surface area contributed by atoms with Gasteiger partial charge in [-0.2, -0.15) is 0 Å². The molecule has 0 spiro atoms. The quantitative estimate of drug-likeness (QED) is 0.578. The summed E-state index contributed by atoms with van der Waals surface area (Å²) in [6.45, 7) is 0. The fraction of sp³-hybridized carbons (Fsp3) is 0. The summed E-state index contributed by atoms with van der Waals surface area (Å²) in [5.41, 5.74) is 0. The first-order valence-corrected chi connectivity index (χ1v) is 4.32. The Balaban J connectivity index is 3.03. The molecule has 0 saturated carbocycles. The van der Waals surface area contributed by atoms with E-state index >= 15 is 0 Å². The molecule has 1 rings (SSSR count). The van der Waals surface area contributed by atoms with Crippen LogP contribution in [0.4, 0.5) is 0 Å². The van der Waals surface area contributed by atoms with E-state index in [0.717, 1.165) is 5.02 Å². The molecule has 42 valence electrons. The van der Waals surface area contributed by atoms with E-state index in [0.29, 0.717) is 0 Å². The Morgan fingerprint density at radius 3 is 2.00 bits per heavy atom. The molecule has 0 bridgehead atoms. The Morgan fingerprint density at radius 2 is 1.62 bits per heavy atom. The van der Waals surface area contributed by atoms with Gasteiger partial charge in [0.05, 0.1) is 0 Å². The predicted molar refractivity (Wildman–Crippen MR) is 39.6 cm³/mol. The molecule has 1 aromatic carbocycles. The van der Waals surface area contributed by atoms with Gasteiger partial charge >= 0.3 is 67.4 Å². The molecule has 0 nitrogen and oxygen atoms in total. The first-order valence-electron chi connectivity index (χ1n) is 2.30. The van der Waals surface area contributed by atoms with Crippen LogP contribution in [0.2, 0.25) is 5.02 Å². The van der Waals surface area contributed by atoms with Crippen LogP contribution in [-0.4, -0.2) is 23.0 Å². The van der Waals surface area contributed by atoms with Crippen LogP contribution in [-0.2, 0) is 0 Å². The van der Waals surface area contributed by atoms with E-state index in [2.05, 4.69) is 0 Å². The van der Waals surface area contributed by atoms with Crippen LogP contribution >= 0.6 is 11.6 Å². The molecular formula is C6H6ClSb. The fourth-order valence-corrected chi connectivity index (χ4v) is 1.14. The van der Waals surface area contributed by atoms with Crippen molar-refractivity contribution < 1.29 is 0 Å². The Hall–Kier alpha value is 0.328. The second-order valence-corrected chi connectivity index (χ2v) is 3.89. The molecule has 8 heavy (non-hydrogen) atoms. The molecule has 0 aliphatic rings. The summed E-state index contributed by atoms with van der Waals surface area (Å²) in [6.07, 6.45) is 0. The van der Waals surface area contributed by atoms with Crippen molar-refractivity contribution in [2.45, 2.75) is 0 Å². The van der Waals surface area contributed by atoms with Gasteiger partial charge in [0.15, 0.2) is 0 Å². The van der Waals surface area contributed by atoms with Gasteiger partial charge in [-0.25, -0.2) is 0 Å². The van der Waals surface area contributed by atoms with Crippen LogP contribution in [0, 0.1) is 0 Å². The zero-order valence-corrected chi connectivity index (χ0v) is 8.32. The first kappa shape index (κ1) is 6.45. The van der Waals surface area contributed by atoms with Crippen molar-refractivity contribution >= 4 is 38.1 Å². The molecule has 0 N–H and O–H groups in total. The summed E-state index contributed by atoms with van der Waals surface area (Å²) < 4.78 is 1.37. The average Bonchev–Trinajstić information content (AvgIpc) is 1.77. The van der Waals surface area contributed by atoms with Crippen LogP contribution in [0.25, 0.3) is 0 Å². The van der Waals surface area contributed by atoms with Crippen LogP contribution in [0.1, 0.15) is 0 Å². The third kappa shape index (κ3) is 1.68. The van der Waals surface area contributed by atoms with Crippen LogP contribution in [0.5, 0.6) is 0 Å². The van der Waals surface area contributed by atoms with E-state index in [4.69, 9.17) is 11.6 Å². The van der Waals surface area contributed by atoms with Crippen molar-refractivity contribution in [3.8, 4) is 0 Å². The second kappa shape index (κ2) is 2.75. The van der Waals surface area contributed by atoms with E-state index in [-0.39, 0.29) is 0 Å². The number of hydrogen-bond donors (Lipinski definition) is 0. The molecule has 0 saturated heterocycles. The van der Waals surface area contributed by atoms with E-state index in [1.807, 2.05) is 24.3 Å². The number of benzene rings is 1. The minimum absolute atomic E-state index is 0.822. The van der Waals surface area contributed by atoms with Crippen LogP contribution in [0.15, 0.2) is 24.3 Å². The topological polar surface area (TPSA) is 0 Å². The van der Waals surface area contributed by atoms with Crippen molar-refractivity contribution in [1.29, 1.82) is 0 Å². The fourth-order valence-electron chi connectivity index (χ4n) is 0.463. The summed E-state index contributed by atoms with van der Waals surface area (Å²) >= 11 is 6.80. The molecule has 0 unspecified atom stereocenters. The molecular weight excluding hydrogens is 229 g/mol. The van der Waals surface area contributed by atoms with E-state index < -0.39 is 0 Å². The van der Waals surface area contributed by atoms with Crippen LogP contribution < -0.4 is 3.51 Å². The Labute approximate surface area is 67.3 Å². The van der Waals surface area contributed by atoms with E-state index in [1.54, 1.807) is 0 Å². The summed E-state index contributed by atoms with van der Waals surface area (Å²) in [5, 5.41) is 0.822. The first-order chi connectivity index (χ1) is 3.79. The summed E-state index contributed by atoms with van der Waals surface area (Å²) in [6, 6.07) is 7.93. The molecule has 0 amide bonds. The third-order valence-electron chi connectivity index (χ3n) is 0.870. The summed E-state index contributed by atoms with van der Waals surface area (Å²) in [5.74, 6) is 0. The van der Waals surface area contributed by atoms with Crippen molar-refractivity contribution in [2.24, 2.45) is 0 Å². The molecule has 0 heterocycles. The van der Waals surface area contributed by atoms with Crippen molar-refractivity contribution in [3.63, 3.8) is 0 Å². The molecule has 1 aromatic rings. The zero-order chi connectivity index (χ0) is 5.98.